The fraction of sp³-hybridized carbons (Fsp3) is 0.500. The minimum Gasteiger partial charge on any atom is -0.490 e. The summed E-state index contributed by atoms with van der Waals surface area (Å²) < 4.78 is 12.0. The average Bonchev–Trinajstić information content (AvgIpc) is 3.12. The smallest absolute Gasteiger partial charge is 0.259 e. The number of carbonyl (C=O) groups is 2. The standard InChI is InChI=1S/C26H31N3O5/c30-20-15-18-10-11-19(16-20)29(18)24(31)17-28-13-4-1-5-14-33-22-8-2-3-9-23(22)34-25-21(26(28)32)7-6-12-27-25/h2-3,6-9,12,18-20,30H,1,4-5,10-11,13-17H2. The maximum absolute atomic E-state index is 13.7. The molecule has 1 N–H and O–H groups in total. The lowest BCUT2D eigenvalue weighted by Gasteiger charge is -2.38. The summed E-state index contributed by atoms with van der Waals surface area (Å²) >= 11 is 0. The number of aliphatic hydroxyl groups excluding tert-OH is 1. The molecule has 2 atom stereocenters. The van der Waals surface area contributed by atoms with E-state index >= 15 is 0 Å². The van der Waals surface area contributed by atoms with Gasteiger partial charge in [-0.15, -0.1) is 0 Å². The third kappa shape index (κ3) is 4.73. The normalized spacial score (nSPS) is 25.1. The third-order valence-corrected chi connectivity index (χ3v) is 7.00. The molecule has 2 saturated heterocycles. The second-order valence-electron chi connectivity index (χ2n) is 9.35. The lowest BCUT2D eigenvalue weighted by molar-refractivity contribution is -0.138. The fourth-order valence-corrected chi connectivity index (χ4v) is 5.38. The van der Waals surface area contributed by atoms with Crippen molar-refractivity contribution in [2.75, 3.05) is 19.7 Å². The lowest BCUT2D eigenvalue weighted by atomic mass is 10.00. The molecule has 2 unspecified atom stereocenters. The van der Waals surface area contributed by atoms with E-state index in [-0.39, 0.29) is 42.4 Å². The van der Waals surface area contributed by atoms with E-state index in [2.05, 4.69) is 4.98 Å². The molecule has 3 aliphatic heterocycles. The van der Waals surface area contributed by atoms with E-state index in [0.29, 0.717) is 43.1 Å². The maximum atomic E-state index is 13.7. The van der Waals surface area contributed by atoms with Crippen molar-refractivity contribution in [3.8, 4) is 17.4 Å². The summed E-state index contributed by atoms with van der Waals surface area (Å²) in [5.74, 6) is 0.998. The first kappa shape index (κ1) is 22.7. The maximum Gasteiger partial charge on any atom is 0.259 e. The number of hydrogen-bond donors (Lipinski definition) is 1. The Morgan fingerprint density at radius 2 is 1.79 bits per heavy atom. The highest BCUT2D eigenvalue weighted by atomic mass is 16.5. The van der Waals surface area contributed by atoms with Gasteiger partial charge in [-0.25, -0.2) is 4.98 Å². The number of nitrogens with zero attached hydrogens (tertiary/aromatic N) is 3. The van der Waals surface area contributed by atoms with Crippen molar-refractivity contribution < 1.29 is 24.2 Å². The molecule has 0 saturated carbocycles. The molecular weight excluding hydrogens is 434 g/mol. The van der Waals surface area contributed by atoms with Crippen molar-refractivity contribution >= 4 is 11.8 Å². The number of piperidine rings is 1. The first-order valence-electron chi connectivity index (χ1n) is 12.2. The molecule has 1 aromatic heterocycles. The highest BCUT2D eigenvalue weighted by Crippen LogP contribution is 2.36. The number of pyridine rings is 1. The van der Waals surface area contributed by atoms with Crippen LogP contribution in [0.15, 0.2) is 42.6 Å². The SMILES string of the molecule is O=C1c2cccnc2Oc2ccccc2OCCCCCN1CC(=O)N1C2CCC1CC(O)C2. The highest BCUT2D eigenvalue weighted by Gasteiger charge is 2.43. The van der Waals surface area contributed by atoms with Crippen molar-refractivity contribution in [2.24, 2.45) is 0 Å². The minimum atomic E-state index is -0.339. The van der Waals surface area contributed by atoms with Gasteiger partial charge in [-0.05, 0) is 69.2 Å². The van der Waals surface area contributed by atoms with E-state index in [0.717, 1.165) is 32.1 Å². The van der Waals surface area contributed by atoms with Crippen LogP contribution < -0.4 is 9.47 Å². The van der Waals surface area contributed by atoms with Gasteiger partial charge in [0.05, 0.1) is 12.7 Å². The number of carbonyl (C=O) groups excluding carboxylic acids is 2. The van der Waals surface area contributed by atoms with Gasteiger partial charge in [-0.1, -0.05) is 12.1 Å². The Balaban J connectivity index is 1.40. The van der Waals surface area contributed by atoms with Gasteiger partial charge in [0.2, 0.25) is 11.8 Å². The van der Waals surface area contributed by atoms with Crippen LogP contribution in [-0.4, -0.2) is 69.6 Å². The second-order valence-corrected chi connectivity index (χ2v) is 9.35. The minimum absolute atomic E-state index is 0.0172. The number of aliphatic hydroxyl groups is 1. The zero-order valence-corrected chi connectivity index (χ0v) is 19.3. The summed E-state index contributed by atoms with van der Waals surface area (Å²) in [7, 11) is 0. The molecule has 180 valence electrons. The number of hydrogen-bond acceptors (Lipinski definition) is 6. The molecular formula is C26H31N3O5. The molecule has 1 aromatic carbocycles. The van der Waals surface area contributed by atoms with E-state index in [1.165, 1.54) is 0 Å². The zero-order valence-electron chi connectivity index (χ0n) is 19.3. The van der Waals surface area contributed by atoms with E-state index in [9.17, 15) is 14.7 Å². The summed E-state index contributed by atoms with van der Waals surface area (Å²) in [5.41, 5.74) is 0.321. The summed E-state index contributed by atoms with van der Waals surface area (Å²) in [6.45, 7) is 1.03. The number of benzene rings is 1. The van der Waals surface area contributed by atoms with Crippen LogP contribution >= 0.6 is 0 Å². The van der Waals surface area contributed by atoms with E-state index in [1.807, 2.05) is 23.1 Å². The largest absolute Gasteiger partial charge is 0.490 e. The van der Waals surface area contributed by atoms with Crippen molar-refractivity contribution in [3.05, 3.63) is 48.2 Å². The molecule has 8 nitrogen and oxygen atoms in total. The number of para-hydroxylation sites is 2. The molecule has 2 fully saturated rings. The Hall–Kier alpha value is -3.13. The Bertz CT molecular complexity index is 1030. The number of aromatic nitrogens is 1. The molecule has 2 amide bonds. The van der Waals surface area contributed by atoms with Gasteiger partial charge in [0.25, 0.3) is 5.91 Å². The van der Waals surface area contributed by atoms with Gasteiger partial charge in [0.1, 0.15) is 12.1 Å². The van der Waals surface area contributed by atoms with Crippen molar-refractivity contribution in [2.45, 2.75) is 63.1 Å². The quantitative estimate of drug-likeness (QED) is 0.731. The van der Waals surface area contributed by atoms with Crippen molar-refractivity contribution in [1.82, 2.24) is 14.8 Å². The number of amides is 2. The summed E-state index contributed by atoms with van der Waals surface area (Å²) in [6, 6.07) is 10.9. The van der Waals surface area contributed by atoms with Crippen LogP contribution in [0.5, 0.6) is 17.4 Å². The Morgan fingerprint density at radius 3 is 2.59 bits per heavy atom. The summed E-state index contributed by atoms with van der Waals surface area (Å²) in [5, 5.41) is 10.1. The number of fused-ring (bicyclic) bond motifs is 4. The van der Waals surface area contributed by atoms with Crippen LogP contribution in [-0.2, 0) is 4.79 Å². The molecule has 4 heterocycles. The average molecular weight is 466 g/mol. The molecule has 0 aliphatic carbocycles. The van der Waals surface area contributed by atoms with E-state index in [4.69, 9.17) is 9.47 Å². The van der Waals surface area contributed by atoms with Gasteiger partial charge in [0.15, 0.2) is 11.5 Å². The van der Waals surface area contributed by atoms with Crippen LogP contribution in [0.1, 0.15) is 55.3 Å². The molecule has 0 radical (unpaired) electrons. The van der Waals surface area contributed by atoms with Crippen LogP contribution in [0, 0.1) is 0 Å². The molecule has 2 aromatic rings. The van der Waals surface area contributed by atoms with Crippen LogP contribution in [0.25, 0.3) is 0 Å². The Labute approximate surface area is 199 Å². The number of rotatable bonds is 2. The monoisotopic (exact) mass is 465 g/mol. The molecule has 8 heteroatoms. The topological polar surface area (TPSA) is 92.2 Å². The van der Waals surface area contributed by atoms with Crippen LogP contribution in [0.4, 0.5) is 0 Å². The Morgan fingerprint density at radius 1 is 1.03 bits per heavy atom. The van der Waals surface area contributed by atoms with Gasteiger partial charge in [0, 0.05) is 24.8 Å². The molecule has 34 heavy (non-hydrogen) atoms. The van der Waals surface area contributed by atoms with Crippen molar-refractivity contribution in [1.29, 1.82) is 0 Å². The zero-order chi connectivity index (χ0) is 23.5. The first-order chi connectivity index (χ1) is 16.6. The summed E-state index contributed by atoms with van der Waals surface area (Å²) in [6.07, 6.45) is 6.81. The van der Waals surface area contributed by atoms with Gasteiger partial charge < -0.3 is 24.4 Å². The van der Waals surface area contributed by atoms with Crippen LogP contribution in [0.2, 0.25) is 0 Å². The number of ether oxygens (including phenoxy) is 2. The van der Waals surface area contributed by atoms with Gasteiger partial charge in [-0.2, -0.15) is 0 Å². The fourth-order valence-electron chi connectivity index (χ4n) is 5.38. The van der Waals surface area contributed by atoms with E-state index < -0.39 is 0 Å². The summed E-state index contributed by atoms with van der Waals surface area (Å²) in [4.78, 5) is 34.9. The third-order valence-electron chi connectivity index (χ3n) is 7.00. The van der Waals surface area contributed by atoms with E-state index in [1.54, 1.807) is 29.3 Å². The lowest BCUT2D eigenvalue weighted by Crippen LogP contribution is -2.52. The van der Waals surface area contributed by atoms with Gasteiger partial charge in [-0.3, -0.25) is 9.59 Å². The first-order valence-corrected chi connectivity index (χ1v) is 12.2. The molecule has 0 spiro atoms. The molecule has 3 aliphatic rings. The molecule has 2 bridgehead atoms. The highest BCUT2D eigenvalue weighted by molar-refractivity contribution is 5.98. The van der Waals surface area contributed by atoms with Crippen molar-refractivity contribution in [3.63, 3.8) is 0 Å². The predicted molar refractivity (Wildman–Crippen MR) is 125 cm³/mol. The Kier molecular flexibility index (Phi) is 6.67. The predicted octanol–water partition coefficient (Wildman–Crippen LogP) is 3.39. The van der Waals surface area contributed by atoms with Crippen LogP contribution in [0.3, 0.4) is 0 Å². The van der Waals surface area contributed by atoms with Gasteiger partial charge >= 0.3 is 0 Å². The molecule has 5 rings (SSSR count). The second kappa shape index (κ2) is 10.0.